The number of esters is 3. The molecule has 0 rings (SSSR count). The molecule has 2 N–H and O–H groups in total. The number of carbonyl (C=O) groups is 3. The predicted octanol–water partition coefficient (Wildman–Crippen LogP) is 20.5. The molecule has 3 unspecified atom stereocenters. The van der Waals surface area contributed by atoms with Gasteiger partial charge >= 0.3 is 25.7 Å². The lowest BCUT2D eigenvalue weighted by atomic mass is 10.1. The van der Waals surface area contributed by atoms with E-state index in [0.29, 0.717) is 25.7 Å². The maximum absolute atomic E-state index is 13.0. The van der Waals surface area contributed by atoms with Crippen LogP contribution in [-0.2, 0) is 42.2 Å². The minimum absolute atomic E-state index is 0.0325. The molecule has 0 heterocycles. The van der Waals surface area contributed by atoms with Crippen molar-refractivity contribution < 1.29 is 52.2 Å². The molecular formula is C72H119O11P. The first-order valence-corrected chi connectivity index (χ1v) is 34.6. The number of aliphatic hydroxyl groups excluding tert-OH is 1. The van der Waals surface area contributed by atoms with Gasteiger partial charge < -0.3 is 24.2 Å². The average Bonchev–Trinajstić information content (AvgIpc) is 3.53. The lowest BCUT2D eigenvalue weighted by Gasteiger charge is -2.21. The van der Waals surface area contributed by atoms with Gasteiger partial charge in [0, 0.05) is 19.3 Å². The molecule has 0 aromatic carbocycles. The molecule has 0 saturated heterocycles. The van der Waals surface area contributed by atoms with Gasteiger partial charge in [0.1, 0.15) is 12.7 Å². The van der Waals surface area contributed by atoms with Crippen LogP contribution in [0.4, 0.5) is 0 Å². The Kier molecular flexibility index (Phi) is 61.2. The predicted molar refractivity (Wildman–Crippen MR) is 353 cm³/mol. The van der Waals surface area contributed by atoms with Crippen LogP contribution in [-0.4, -0.2) is 66.5 Å². The van der Waals surface area contributed by atoms with E-state index in [1.807, 2.05) is 12.2 Å². The highest BCUT2D eigenvalue weighted by molar-refractivity contribution is 7.47. The third-order valence-corrected chi connectivity index (χ3v) is 14.5. The third kappa shape index (κ3) is 62.2. The van der Waals surface area contributed by atoms with Crippen molar-refractivity contribution in [3.8, 4) is 0 Å². The molecule has 478 valence electrons. The molecule has 0 bridgehead atoms. The molecule has 0 amide bonds. The van der Waals surface area contributed by atoms with Crippen LogP contribution in [0.3, 0.4) is 0 Å². The lowest BCUT2D eigenvalue weighted by molar-refractivity contribution is -0.161. The van der Waals surface area contributed by atoms with E-state index < -0.39 is 57.8 Å². The van der Waals surface area contributed by atoms with Crippen molar-refractivity contribution in [3.63, 3.8) is 0 Å². The minimum atomic E-state index is -4.79. The topological polar surface area (TPSA) is 155 Å². The zero-order valence-corrected chi connectivity index (χ0v) is 54.0. The summed E-state index contributed by atoms with van der Waals surface area (Å²) in [7, 11) is -4.79. The quantitative estimate of drug-likeness (QED) is 0.0197. The maximum atomic E-state index is 13.0. The monoisotopic (exact) mass is 1190 g/mol. The fraction of sp³-hybridized carbons (Fsp3) is 0.653. The Hall–Kier alpha value is -4.38. The number of aliphatic hydroxyl groups is 1. The van der Waals surface area contributed by atoms with E-state index in [1.54, 1.807) is 0 Å². The van der Waals surface area contributed by atoms with E-state index in [9.17, 15) is 28.9 Å². The zero-order chi connectivity index (χ0) is 61.2. The molecule has 3 atom stereocenters. The number of hydrogen-bond acceptors (Lipinski definition) is 10. The van der Waals surface area contributed by atoms with E-state index in [1.165, 1.54) is 83.5 Å². The van der Waals surface area contributed by atoms with Gasteiger partial charge in [-0.2, -0.15) is 0 Å². The highest BCUT2D eigenvalue weighted by Gasteiger charge is 2.28. The molecule has 84 heavy (non-hydrogen) atoms. The van der Waals surface area contributed by atoms with Crippen molar-refractivity contribution >= 4 is 25.7 Å². The van der Waals surface area contributed by atoms with Crippen molar-refractivity contribution in [3.05, 3.63) is 134 Å². The number of hydrogen-bond donors (Lipinski definition) is 2. The molecule has 0 spiro atoms. The highest BCUT2D eigenvalue weighted by atomic mass is 31.2. The van der Waals surface area contributed by atoms with Gasteiger partial charge in [0.05, 0.1) is 19.8 Å². The van der Waals surface area contributed by atoms with Crippen molar-refractivity contribution in [2.45, 2.75) is 277 Å². The Morgan fingerprint density at radius 2 is 0.643 bits per heavy atom. The standard InChI is InChI=1S/C72H119O11P/c1-4-7-10-13-16-19-22-25-28-31-34-37-40-43-46-49-52-55-58-61-70(74)79-65-69(83-72(76)63-60-57-54-51-48-45-42-39-36-33-30-27-24-21-18-15-12-9-6-3)67-81-84(77,78)80-66-68(64-73)82-71(75)62-59-56-53-50-47-44-41-38-35-32-29-26-23-20-17-14-11-8-5-2/h7,9-10,12,16,18-19,21,25-30,34,36-37,39,45,48,54,57,68-69,73H,4-6,8,11,13-15,17,20,22-24,31-33,35,38,40-44,46-47,49-53,55-56,58-67H2,1-3H3,(H,77,78)/b10-7-,12-9-,19-16-,21-18-,28-25-,29-26-,30-27-,37-34-,39-36-,48-45-,57-54-. The number of unbranched alkanes of at least 4 members (excludes halogenated alkanes) is 21. The Labute approximate surface area is 512 Å². The summed E-state index contributed by atoms with van der Waals surface area (Å²) in [6, 6.07) is 0. The molecule has 0 fully saturated rings. The largest absolute Gasteiger partial charge is 0.472 e. The number of phosphoric acid groups is 1. The summed E-state index contributed by atoms with van der Waals surface area (Å²) in [5.74, 6) is -1.59. The molecule has 0 aliphatic rings. The summed E-state index contributed by atoms with van der Waals surface area (Å²) < 4.78 is 39.6. The van der Waals surface area contributed by atoms with Crippen molar-refractivity contribution in [1.29, 1.82) is 0 Å². The SMILES string of the molecule is CC/C=C\C/C=C\C/C=C\C/C=C\C/C=C\C/C=C\CCC(=O)OC(COC(=O)CCCCCCCC/C=C\C/C=C\C/C=C\C/C=C\CC)COP(=O)(O)OCC(CO)OC(=O)CCCCCCCCCCC/C=C\CCCCCCCC. The minimum Gasteiger partial charge on any atom is -0.462 e. The fourth-order valence-corrected chi connectivity index (χ4v) is 9.39. The normalized spacial score (nSPS) is 14.1. The van der Waals surface area contributed by atoms with Crippen LogP contribution in [0.5, 0.6) is 0 Å². The van der Waals surface area contributed by atoms with Crippen LogP contribution in [0.15, 0.2) is 134 Å². The summed E-state index contributed by atoms with van der Waals surface area (Å²) in [6.45, 7) is 4.33. The number of phosphoric ester groups is 1. The molecule has 12 heteroatoms. The molecule has 11 nitrogen and oxygen atoms in total. The maximum Gasteiger partial charge on any atom is 0.472 e. The number of allylic oxidation sites excluding steroid dienone is 22. The Bertz CT molecular complexity index is 1920. The van der Waals surface area contributed by atoms with Gasteiger partial charge in [-0.25, -0.2) is 4.57 Å². The fourth-order valence-electron chi connectivity index (χ4n) is 8.60. The Morgan fingerprint density at radius 1 is 0.345 bits per heavy atom. The van der Waals surface area contributed by atoms with Crippen molar-refractivity contribution in [1.82, 2.24) is 0 Å². The number of ether oxygens (including phenoxy) is 3. The smallest absolute Gasteiger partial charge is 0.462 e. The average molecular weight is 1190 g/mol. The second-order valence-electron chi connectivity index (χ2n) is 21.5. The molecule has 0 aromatic heterocycles. The van der Waals surface area contributed by atoms with Crippen LogP contribution >= 0.6 is 7.82 Å². The molecular weight excluding hydrogens is 1070 g/mol. The van der Waals surface area contributed by atoms with Crippen LogP contribution in [0.25, 0.3) is 0 Å². The highest BCUT2D eigenvalue weighted by Crippen LogP contribution is 2.43. The van der Waals surface area contributed by atoms with Crippen molar-refractivity contribution in [2.24, 2.45) is 0 Å². The van der Waals surface area contributed by atoms with E-state index >= 15 is 0 Å². The van der Waals surface area contributed by atoms with Gasteiger partial charge in [0.2, 0.25) is 0 Å². The molecule has 0 saturated carbocycles. The molecule has 0 aromatic rings. The summed E-state index contributed by atoms with van der Waals surface area (Å²) in [5, 5.41) is 9.87. The summed E-state index contributed by atoms with van der Waals surface area (Å²) >= 11 is 0. The number of rotatable bonds is 60. The number of carbonyl (C=O) groups excluding carboxylic acids is 3. The summed E-state index contributed by atoms with van der Waals surface area (Å²) in [5.41, 5.74) is 0. The molecule has 0 aliphatic carbocycles. The van der Waals surface area contributed by atoms with Gasteiger partial charge in [-0.3, -0.25) is 23.4 Å². The van der Waals surface area contributed by atoms with Crippen molar-refractivity contribution in [2.75, 3.05) is 26.4 Å². The van der Waals surface area contributed by atoms with Gasteiger partial charge in [0.25, 0.3) is 0 Å². The molecule has 0 aliphatic heterocycles. The second-order valence-corrected chi connectivity index (χ2v) is 23.0. The second kappa shape index (κ2) is 64.6. The first-order chi connectivity index (χ1) is 41.2. The van der Waals surface area contributed by atoms with Gasteiger partial charge in [-0.1, -0.05) is 257 Å². The van der Waals surface area contributed by atoms with E-state index in [2.05, 4.69) is 142 Å². The molecule has 0 radical (unpaired) electrons. The van der Waals surface area contributed by atoms with Crippen LogP contribution in [0, 0.1) is 0 Å². The summed E-state index contributed by atoms with van der Waals surface area (Å²) in [6.07, 6.45) is 82.7. The van der Waals surface area contributed by atoms with Gasteiger partial charge in [-0.05, 0) is 122 Å². The lowest BCUT2D eigenvalue weighted by Crippen LogP contribution is -2.30. The van der Waals surface area contributed by atoms with E-state index in [0.717, 1.165) is 116 Å². The third-order valence-electron chi connectivity index (χ3n) is 13.6. The first-order valence-electron chi connectivity index (χ1n) is 33.1. The Morgan fingerprint density at radius 3 is 1.04 bits per heavy atom. The first kappa shape index (κ1) is 79.6. The Balaban J connectivity index is 4.81. The van der Waals surface area contributed by atoms with E-state index in [4.69, 9.17) is 23.3 Å². The summed E-state index contributed by atoms with van der Waals surface area (Å²) in [4.78, 5) is 48.8. The van der Waals surface area contributed by atoms with E-state index in [-0.39, 0.29) is 25.9 Å². The van der Waals surface area contributed by atoms with Gasteiger partial charge in [-0.15, -0.1) is 0 Å². The van der Waals surface area contributed by atoms with Crippen LogP contribution < -0.4 is 0 Å². The zero-order valence-electron chi connectivity index (χ0n) is 53.1. The van der Waals surface area contributed by atoms with Crippen LogP contribution in [0.1, 0.15) is 265 Å². The van der Waals surface area contributed by atoms with Gasteiger partial charge in [0.15, 0.2) is 6.10 Å². The van der Waals surface area contributed by atoms with Crippen LogP contribution in [0.2, 0.25) is 0 Å².